The highest BCUT2D eigenvalue weighted by Crippen LogP contribution is 2.24. The number of aryl methyl sites for hydroxylation is 1. The molecule has 1 unspecified atom stereocenters. The summed E-state index contributed by atoms with van der Waals surface area (Å²) in [5.74, 6) is -0.325. The lowest BCUT2D eigenvalue weighted by Gasteiger charge is -2.26. The molecule has 0 heterocycles. The number of hydrogen-bond donors (Lipinski definition) is 2. The van der Waals surface area contributed by atoms with Crippen molar-refractivity contribution in [3.8, 4) is 0 Å². The van der Waals surface area contributed by atoms with Gasteiger partial charge in [-0.15, -0.1) is 0 Å². The van der Waals surface area contributed by atoms with Gasteiger partial charge in [-0.05, 0) is 30.4 Å². The maximum atomic E-state index is 12.3. The molecule has 0 fully saturated rings. The number of carbonyl (C=O) groups is 1. The predicted octanol–water partition coefficient (Wildman–Crippen LogP) is 3.03. The second-order valence-corrected chi connectivity index (χ2v) is 5.42. The first-order valence-electron chi connectivity index (χ1n) is 7.77. The first-order valence-corrected chi connectivity index (χ1v) is 7.77. The van der Waals surface area contributed by atoms with Crippen molar-refractivity contribution in [2.24, 2.45) is 0 Å². The van der Waals surface area contributed by atoms with Crippen molar-refractivity contribution >= 4 is 5.91 Å². The van der Waals surface area contributed by atoms with Crippen molar-refractivity contribution in [2.75, 3.05) is 6.54 Å². The topological polar surface area (TPSA) is 49.3 Å². The van der Waals surface area contributed by atoms with E-state index < -0.39 is 5.60 Å². The van der Waals surface area contributed by atoms with Crippen LogP contribution in [0.2, 0.25) is 0 Å². The van der Waals surface area contributed by atoms with Crippen molar-refractivity contribution in [3.63, 3.8) is 0 Å². The zero-order chi connectivity index (χ0) is 15.8. The van der Waals surface area contributed by atoms with Crippen molar-refractivity contribution < 1.29 is 9.90 Å². The molecular weight excluding hydrogens is 274 g/mol. The Bertz CT molecular complexity index is 583. The normalized spacial score (nSPS) is 13.4. The number of carbonyl (C=O) groups excluding carboxylic acids is 1. The number of aliphatic hydroxyl groups is 1. The van der Waals surface area contributed by atoms with Crippen LogP contribution in [0.25, 0.3) is 0 Å². The van der Waals surface area contributed by atoms with Gasteiger partial charge in [0.2, 0.25) is 0 Å². The smallest absolute Gasteiger partial charge is 0.256 e. The summed E-state index contributed by atoms with van der Waals surface area (Å²) in [7, 11) is 0. The van der Waals surface area contributed by atoms with Gasteiger partial charge in [0.1, 0.15) is 0 Å². The molecule has 0 aliphatic carbocycles. The molecular formula is C19H23NO2. The molecule has 2 rings (SSSR count). The van der Waals surface area contributed by atoms with Crippen LogP contribution in [0.15, 0.2) is 60.7 Å². The minimum Gasteiger partial charge on any atom is -0.375 e. The van der Waals surface area contributed by atoms with E-state index in [1.807, 2.05) is 43.3 Å². The number of benzene rings is 2. The van der Waals surface area contributed by atoms with Gasteiger partial charge < -0.3 is 10.4 Å². The average Bonchev–Trinajstić information content (AvgIpc) is 2.59. The number of nitrogens with one attached hydrogen (secondary N) is 1. The summed E-state index contributed by atoms with van der Waals surface area (Å²) in [6.07, 6.45) is 2.11. The summed E-state index contributed by atoms with van der Waals surface area (Å²) < 4.78 is 0. The Kier molecular flexibility index (Phi) is 5.73. The van der Waals surface area contributed by atoms with Crippen LogP contribution in [0, 0.1) is 0 Å². The van der Waals surface area contributed by atoms with E-state index in [1.54, 1.807) is 12.1 Å². The fraction of sp³-hybridized carbons (Fsp3) is 0.316. The summed E-state index contributed by atoms with van der Waals surface area (Å²) in [6.45, 7) is 2.37. The van der Waals surface area contributed by atoms with E-state index in [9.17, 15) is 9.90 Å². The SMILES string of the molecule is CCC(O)(C(=O)NCCCc1ccccc1)c1ccccc1. The molecule has 2 aromatic carbocycles. The summed E-state index contributed by atoms with van der Waals surface area (Å²) >= 11 is 0. The minimum absolute atomic E-state index is 0.325. The quantitative estimate of drug-likeness (QED) is 0.772. The number of hydrogen-bond acceptors (Lipinski definition) is 2. The molecule has 0 saturated carbocycles. The summed E-state index contributed by atoms with van der Waals surface area (Å²) in [6, 6.07) is 19.3. The molecule has 3 nitrogen and oxygen atoms in total. The molecule has 22 heavy (non-hydrogen) atoms. The van der Waals surface area contributed by atoms with Crippen LogP contribution in [-0.4, -0.2) is 17.6 Å². The van der Waals surface area contributed by atoms with Crippen molar-refractivity contribution in [2.45, 2.75) is 31.8 Å². The van der Waals surface area contributed by atoms with Gasteiger partial charge >= 0.3 is 0 Å². The van der Waals surface area contributed by atoms with Gasteiger partial charge in [0.05, 0.1) is 0 Å². The fourth-order valence-electron chi connectivity index (χ4n) is 2.49. The van der Waals surface area contributed by atoms with Crippen LogP contribution in [0.1, 0.15) is 30.9 Å². The second-order valence-electron chi connectivity index (χ2n) is 5.42. The third kappa shape index (κ3) is 3.95. The Balaban J connectivity index is 1.88. The molecule has 0 aliphatic heterocycles. The highest BCUT2D eigenvalue weighted by Gasteiger charge is 2.35. The Labute approximate surface area is 132 Å². The van der Waals surface area contributed by atoms with Crippen molar-refractivity contribution in [1.29, 1.82) is 0 Å². The Hall–Kier alpha value is -2.13. The van der Waals surface area contributed by atoms with Crippen LogP contribution in [0.5, 0.6) is 0 Å². The molecule has 0 aromatic heterocycles. The van der Waals surface area contributed by atoms with E-state index >= 15 is 0 Å². The molecule has 1 amide bonds. The molecule has 0 radical (unpaired) electrons. The largest absolute Gasteiger partial charge is 0.375 e. The molecule has 0 bridgehead atoms. The highest BCUT2D eigenvalue weighted by molar-refractivity contribution is 5.86. The maximum Gasteiger partial charge on any atom is 0.256 e. The molecule has 116 valence electrons. The molecule has 0 aliphatic rings. The van der Waals surface area contributed by atoms with E-state index in [1.165, 1.54) is 5.56 Å². The predicted molar refractivity (Wildman–Crippen MR) is 88.4 cm³/mol. The Morgan fingerprint density at radius 2 is 1.64 bits per heavy atom. The first kappa shape index (κ1) is 16.2. The Morgan fingerprint density at radius 1 is 1.05 bits per heavy atom. The van der Waals surface area contributed by atoms with Crippen molar-refractivity contribution in [1.82, 2.24) is 5.32 Å². The molecule has 2 N–H and O–H groups in total. The lowest BCUT2D eigenvalue weighted by atomic mass is 9.90. The molecule has 3 heteroatoms. The van der Waals surface area contributed by atoms with E-state index in [4.69, 9.17) is 0 Å². The van der Waals surface area contributed by atoms with Gasteiger partial charge in [0.15, 0.2) is 5.60 Å². The standard InChI is InChI=1S/C19H23NO2/c1-2-19(22,17-13-7-4-8-14-17)18(21)20-15-9-12-16-10-5-3-6-11-16/h3-8,10-11,13-14,22H,2,9,12,15H2,1H3,(H,20,21). The number of rotatable bonds is 7. The van der Waals surface area contributed by atoms with Crippen LogP contribution in [0.3, 0.4) is 0 Å². The van der Waals surface area contributed by atoms with Crippen LogP contribution < -0.4 is 5.32 Å². The zero-order valence-electron chi connectivity index (χ0n) is 13.0. The zero-order valence-corrected chi connectivity index (χ0v) is 13.0. The fourth-order valence-corrected chi connectivity index (χ4v) is 2.49. The minimum atomic E-state index is -1.45. The number of amides is 1. The van der Waals surface area contributed by atoms with E-state index in [0.29, 0.717) is 18.5 Å². The second kappa shape index (κ2) is 7.76. The van der Waals surface area contributed by atoms with E-state index in [2.05, 4.69) is 17.4 Å². The van der Waals surface area contributed by atoms with Gasteiger partial charge in [0.25, 0.3) is 5.91 Å². The van der Waals surface area contributed by atoms with Gasteiger partial charge in [-0.2, -0.15) is 0 Å². The third-order valence-corrected chi connectivity index (χ3v) is 3.91. The summed E-state index contributed by atoms with van der Waals surface area (Å²) in [4.78, 5) is 12.3. The van der Waals surface area contributed by atoms with Gasteiger partial charge in [-0.1, -0.05) is 67.6 Å². The van der Waals surface area contributed by atoms with Gasteiger partial charge in [-0.25, -0.2) is 0 Å². The van der Waals surface area contributed by atoms with E-state index in [0.717, 1.165) is 12.8 Å². The first-order chi connectivity index (χ1) is 10.7. The molecule has 2 aromatic rings. The highest BCUT2D eigenvalue weighted by atomic mass is 16.3. The van der Waals surface area contributed by atoms with Crippen LogP contribution >= 0.6 is 0 Å². The summed E-state index contributed by atoms with van der Waals surface area (Å²) in [5, 5.41) is 13.5. The lowest BCUT2D eigenvalue weighted by Crippen LogP contribution is -2.44. The maximum absolute atomic E-state index is 12.3. The summed E-state index contributed by atoms with van der Waals surface area (Å²) in [5.41, 5.74) is 0.442. The van der Waals surface area contributed by atoms with Crippen molar-refractivity contribution in [3.05, 3.63) is 71.8 Å². The third-order valence-electron chi connectivity index (χ3n) is 3.91. The van der Waals surface area contributed by atoms with E-state index in [-0.39, 0.29) is 5.91 Å². The Morgan fingerprint density at radius 3 is 2.23 bits per heavy atom. The molecule has 0 saturated heterocycles. The molecule has 0 spiro atoms. The van der Waals surface area contributed by atoms with Crippen LogP contribution in [0.4, 0.5) is 0 Å². The molecule has 1 atom stereocenters. The average molecular weight is 297 g/mol. The van der Waals surface area contributed by atoms with Crippen LogP contribution in [-0.2, 0) is 16.8 Å². The monoisotopic (exact) mass is 297 g/mol. The van der Waals surface area contributed by atoms with Gasteiger partial charge in [-0.3, -0.25) is 4.79 Å². The van der Waals surface area contributed by atoms with Gasteiger partial charge in [0, 0.05) is 6.54 Å². The lowest BCUT2D eigenvalue weighted by molar-refractivity contribution is -0.141.